The van der Waals surface area contributed by atoms with Crippen molar-refractivity contribution < 1.29 is 0 Å². The second-order valence-electron chi connectivity index (χ2n) is 5.41. The quantitative estimate of drug-likeness (QED) is 0.843. The van der Waals surface area contributed by atoms with Crippen LogP contribution >= 0.6 is 0 Å². The highest BCUT2D eigenvalue weighted by atomic mass is 15.0. The minimum Gasteiger partial charge on any atom is -0.347 e. The van der Waals surface area contributed by atoms with Crippen molar-refractivity contribution in [3.05, 3.63) is 35.0 Å². The van der Waals surface area contributed by atoms with Gasteiger partial charge in [-0.25, -0.2) is 0 Å². The lowest BCUT2D eigenvalue weighted by molar-refractivity contribution is 0.552. The van der Waals surface area contributed by atoms with E-state index in [0.717, 1.165) is 6.42 Å². The van der Waals surface area contributed by atoms with E-state index in [-0.39, 0.29) is 5.54 Å². The fraction of sp³-hybridized carbons (Fsp3) is 0.467. The summed E-state index contributed by atoms with van der Waals surface area (Å²) in [5.74, 6) is 0. The van der Waals surface area contributed by atoms with Gasteiger partial charge in [0.25, 0.3) is 0 Å². The molecular weight excluding hydrogens is 208 g/mol. The lowest BCUT2D eigenvalue weighted by atomic mass is 9.92. The maximum atomic E-state index is 6.32. The molecule has 1 heterocycles. The summed E-state index contributed by atoms with van der Waals surface area (Å²) < 4.78 is 2.28. The molecule has 0 amide bonds. The van der Waals surface area contributed by atoms with Crippen LogP contribution in [-0.4, -0.2) is 4.57 Å². The second kappa shape index (κ2) is 3.88. The minimum atomic E-state index is -0.296. The van der Waals surface area contributed by atoms with Crippen LogP contribution in [0.2, 0.25) is 0 Å². The van der Waals surface area contributed by atoms with E-state index >= 15 is 0 Å². The van der Waals surface area contributed by atoms with E-state index in [2.05, 4.69) is 57.5 Å². The van der Waals surface area contributed by atoms with Crippen molar-refractivity contribution in [2.24, 2.45) is 12.8 Å². The van der Waals surface area contributed by atoms with E-state index in [9.17, 15) is 0 Å². The van der Waals surface area contributed by atoms with Crippen LogP contribution in [0.5, 0.6) is 0 Å². The van der Waals surface area contributed by atoms with Gasteiger partial charge in [-0.3, -0.25) is 0 Å². The summed E-state index contributed by atoms with van der Waals surface area (Å²) in [6.07, 6.45) is 1.05. The Balaban J connectivity index is 2.93. The summed E-state index contributed by atoms with van der Waals surface area (Å²) in [4.78, 5) is 0. The summed E-state index contributed by atoms with van der Waals surface area (Å²) in [7, 11) is 2.13. The smallest absolute Gasteiger partial charge is 0.0515 e. The maximum Gasteiger partial charge on any atom is 0.0515 e. The average Bonchev–Trinajstić information content (AvgIpc) is 2.51. The molecule has 92 valence electrons. The summed E-state index contributed by atoms with van der Waals surface area (Å²) >= 11 is 0. The summed E-state index contributed by atoms with van der Waals surface area (Å²) in [5.41, 5.74) is 11.3. The lowest BCUT2D eigenvalue weighted by Gasteiger charge is -2.19. The van der Waals surface area contributed by atoms with Gasteiger partial charge in [-0.2, -0.15) is 0 Å². The van der Waals surface area contributed by atoms with E-state index in [0.29, 0.717) is 0 Å². The molecular formula is C15H22N2. The normalized spacial score (nSPS) is 12.4. The predicted octanol–water partition coefficient (Wildman–Crippen LogP) is 3.24. The lowest BCUT2D eigenvalue weighted by Crippen LogP contribution is -2.29. The molecule has 1 aromatic carbocycles. The van der Waals surface area contributed by atoms with Gasteiger partial charge < -0.3 is 10.3 Å². The zero-order valence-electron chi connectivity index (χ0n) is 11.5. The van der Waals surface area contributed by atoms with Crippen molar-refractivity contribution in [1.82, 2.24) is 4.57 Å². The van der Waals surface area contributed by atoms with Crippen LogP contribution in [0.1, 0.15) is 37.6 Å². The number of benzene rings is 1. The van der Waals surface area contributed by atoms with Crippen LogP contribution < -0.4 is 5.73 Å². The Labute approximate surface area is 103 Å². The molecule has 0 bridgehead atoms. The summed E-state index contributed by atoms with van der Waals surface area (Å²) in [5, 5.41) is 1.30. The van der Waals surface area contributed by atoms with Crippen molar-refractivity contribution in [2.45, 2.75) is 39.7 Å². The first kappa shape index (κ1) is 12.2. The van der Waals surface area contributed by atoms with Crippen LogP contribution in [0.4, 0.5) is 0 Å². The number of fused-ring (bicyclic) bond motifs is 1. The molecule has 0 atom stereocenters. The van der Waals surface area contributed by atoms with Gasteiger partial charge in [0.15, 0.2) is 0 Å². The fourth-order valence-corrected chi connectivity index (χ4v) is 2.82. The van der Waals surface area contributed by atoms with E-state index in [4.69, 9.17) is 5.73 Å². The van der Waals surface area contributed by atoms with Gasteiger partial charge in [0.1, 0.15) is 0 Å². The van der Waals surface area contributed by atoms with Crippen LogP contribution in [-0.2, 0) is 19.0 Å². The monoisotopic (exact) mass is 230 g/mol. The second-order valence-corrected chi connectivity index (χ2v) is 5.41. The van der Waals surface area contributed by atoms with E-state index in [1.807, 2.05) is 0 Å². The van der Waals surface area contributed by atoms with Gasteiger partial charge in [0, 0.05) is 23.7 Å². The topological polar surface area (TPSA) is 30.9 Å². The molecule has 0 saturated carbocycles. The van der Waals surface area contributed by atoms with Crippen molar-refractivity contribution in [1.29, 1.82) is 0 Å². The Morgan fingerprint density at radius 1 is 1.29 bits per heavy atom. The highest BCUT2D eigenvalue weighted by Gasteiger charge is 2.24. The third kappa shape index (κ3) is 1.77. The molecule has 2 rings (SSSR count). The Kier molecular flexibility index (Phi) is 2.78. The molecule has 0 aliphatic heterocycles. The molecule has 1 aromatic heterocycles. The molecule has 0 aliphatic carbocycles. The fourth-order valence-electron chi connectivity index (χ4n) is 2.82. The molecule has 2 N–H and O–H groups in total. The van der Waals surface area contributed by atoms with Crippen LogP contribution in [0.15, 0.2) is 18.2 Å². The Bertz CT molecular complexity index is 556. The summed E-state index contributed by atoms with van der Waals surface area (Å²) in [6, 6.07) is 6.52. The van der Waals surface area contributed by atoms with Gasteiger partial charge in [0.2, 0.25) is 0 Å². The van der Waals surface area contributed by atoms with Crippen molar-refractivity contribution in [3.63, 3.8) is 0 Å². The molecule has 2 aromatic rings. The standard InChI is InChI=1S/C15H22N2/c1-6-11-8-7-9-12-13(15(3,4)16)10(2)17(5)14(11)12/h7-9H,6,16H2,1-5H3. The Hall–Kier alpha value is -1.28. The average molecular weight is 230 g/mol. The van der Waals surface area contributed by atoms with Gasteiger partial charge in [-0.15, -0.1) is 0 Å². The number of para-hydroxylation sites is 1. The molecule has 0 saturated heterocycles. The SMILES string of the molecule is CCc1cccc2c(C(C)(C)N)c(C)n(C)c12. The Morgan fingerprint density at radius 2 is 1.94 bits per heavy atom. The molecule has 2 heteroatoms. The zero-order valence-corrected chi connectivity index (χ0v) is 11.5. The maximum absolute atomic E-state index is 6.32. The van der Waals surface area contributed by atoms with Gasteiger partial charge in [0.05, 0.1) is 5.52 Å². The first-order valence-corrected chi connectivity index (χ1v) is 6.24. The Morgan fingerprint density at radius 3 is 2.47 bits per heavy atom. The van der Waals surface area contributed by atoms with E-state index < -0.39 is 0 Å². The number of nitrogens with zero attached hydrogens (tertiary/aromatic N) is 1. The van der Waals surface area contributed by atoms with Gasteiger partial charge in [-0.05, 0) is 38.3 Å². The highest BCUT2D eigenvalue weighted by Crippen LogP contribution is 2.33. The molecule has 2 nitrogen and oxygen atoms in total. The number of nitrogens with two attached hydrogens (primary N) is 1. The molecule has 0 radical (unpaired) electrons. The first-order valence-electron chi connectivity index (χ1n) is 6.24. The molecule has 0 unspecified atom stereocenters. The van der Waals surface area contributed by atoms with Crippen molar-refractivity contribution in [2.75, 3.05) is 0 Å². The third-order valence-corrected chi connectivity index (χ3v) is 3.61. The van der Waals surface area contributed by atoms with E-state index in [1.54, 1.807) is 0 Å². The number of aromatic nitrogens is 1. The predicted molar refractivity (Wildman–Crippen MR) is 74.2 cm³/mol. The van der Waals surface area contributed by atoms with E-state index in [1.165, 1.54) is 27.7 Å². The number of hydrogen-bond acceptors (Lipinski definition) is 1. The van der Waals surface area contributed by atoms with Crippen LogP contribution in [0.25, 0.3) is 10.9 Å². The van der Waals surface area contributed by atoms with Crippen molar-refractivity contribution >= 4 is 10.9 Å². The van der Waals surface area contributed by atoms with Gasteiger partial charge in [-0.1, -0.05) is 25.1 Å². The highest BCUT2D eigenvalue weighted by molar-refractivity contribution is 5.89. The molecule has 0 spiro atoms. The van der Waals surface area contributed by atoms with Crippen LogP contribution in [0, 0.1) is 6.92 Å². The first-order chi connectivity index (χ1) is 7.88. The number of hydrogen-bond donors (Lipinski definition) is 1. The van der Waals surface area contributed by atoms with Gasteiger partial charge >= 0.3 is 0 Å². The number of aryl methyl sites for hydroxylation is 2. The minimum absolute atomic E-state index is 0.296. The molecule has 0 aliphatic rings. The zero-order chi connectivity index (χ0) is 12.8. The number of rotatable bonds is 2. The largest absolute Gasteiger partial charge is 0.347 e. The van der Waals surface area contributed by atoms with Crippen molar-refractivity contribution in [3.8, 4) is 0 Å². The summed E-state index contributed by atoms with van der Waals surface area (Å²) in [6.45, 7) is 8.51. The van der Waals surface area contributed by atoms with Crippen LogP contribution in [0.3, 0.4) is 0 Å². The molecule has 17 heavy (non-hydrogen) atoms. The third-order valence-electron chi connectivity index (χ3n) is 3.61. The molecule has 0 fully saturated rings.